The minimum atomic E-state index is -0.763. The summed E-state index contributed by atoms with van der Waals surface area (Å²) in [5.41, 5.74) is 0.111. The summed E-state index contributed by atoms with van der Waals surface area (Å²) in [5.74, 6) is 0.258. The van der Waals surface area contributed by atoms with E-state index in [4.69, 9.17) is 4.74 Å². The number of amides is 2. The van der Waals surface area contributed by atoms with E-state index in [1.54, 1.807) is 6.07 Å². The van der Waals surface area contributed by atoms with Crippen molar-refractivity contribution in [2.24, 2.45) is 5.92 Å². The van der Waals surface area contributed by atoms with Gasteiger partial charge < -0.3 is 15.0 Å². The summed E-state index contributed by atoms with van der Waals surface area (Å²) in [6, 6.07) is 4.59. The first-order valence-corrected chi connectivity index (χ1v) is 11.5. The van der Waals surface area contributed by atoms with Gasteiger partial charge in [-0.25, -0.2) is 4.39 Å². The first-order valence-electron chi connectivity index (χ1n) is 11.5. The first kappa shape index (κ1) is 23.5. The van der Waals surface area contributed by atoms with Crippen molar-refractivity contribution in [1.29, 1.82) is 0 Å². The van der Waals surface area contributed by atoms with Crippen molar-refractivity contribution in [3.63, 3.8) is 0 Å². The minimum absolute atomic E-state index is 0.0102. The molecular weight excluding hydrogens is 397 g/mol. The zero-order valence-electron chi connectivity index (χ0n) is 19.2. The van der Waals surface area contributed by atoms with Crippen molar-refractivity contribution in [3.8, 4) is 5.75 Å². The number of methoxy groups -OCH3 is 1. The second-order valence-corrected chi connectivity index (χ2v) is 9.28. The van der Waals surface area contributed by atoms with Crippen LogP contribution in [0.1, 0.15) is 58.4 Å². The standard InChI is InChI=1S/C24H36FN3O3/c1-5-6-11-28-22(29)20(14-17(2)3)26-23(30)24(28)9-12-27(13-10-24)16-18-7-8-21(31-4)19(25)15-18/h7-8,15,17,20H,5-6,9-14,16H2,1-4H3,(H,26,30)/t20-/m0/s1. The van der Waals surface area contributed by atoms with Crippen molar-refractivity contribution in [1.82, 2.24) is 15.1 Å². The summed E-state index contributed by atoms with van der Waals surface area (Å²) in [5, 5.41) is 3.04. The normalized spacial score (nSPS) is 21.6. The van der Waals surface area contributed by atoms with E-state index in [9.17, 15) is 14.0 Å². The number of hydrogen-bond donors (Lipinski definition) is 1. The third-order valence-corrected chi connectivity index (χ3v) is 6.56. The number of carbonyl (C=O) groups is 2. The number of piperidine rings is 1. The first-order chi connectivity index (χ1) is 14.8. The van der Waals surface area contributed by atoms with Crippen molar-refractivity contribution < 1.29 is 18.7 Å². The van der Waals surface area contributed by atoms with Gasteiger partial charge in [0.05, 0.1) is 7.11 Å². The van der Waals surface area contributed by atoms with Crippen LogP contribution in [0.5, 0.6) is 5.75 Å². The molecule has 2 saturated heterocycles. The number of likely N-dealkylation sites (tertiary alicyclic amines) is 1. The Kier molecular flexibility index (Phi) is 7.57. The maximum absolute atomic E-state index is 14.0. The lowest BCUT2D eigenvalue weighted by Gasteiger charge is -2.52. The van der Waals surface area contributed by atoms with Gasteiger partial charge in [-0.15, -0.1) is 0 Å². The molecule has 3 rings (SSSR count). The highest BCUT2D eigenvalue weighted by atomic mass is 19.1. The van der Waals surface area contributed by atoms with Crippen LogP contribution < -0.4 is 10.1 Å². The fourth-order valence-electron chi connectivity index (χ4n) is 4.79. The average Bonchev–Trinajstić information content (AvgIpc) is 2.73. The van der Waals surface area contributed by atoms with Crippen molar-refractivity contribution >= 4 is 11.8 Å². The molecule has 172 valence electrons. The lowest BCUT2D eigenvalue weighted by molar-refractivity contribution is -0.161. The molecule has 2 fully saturated rings. The molecule has 2 heterocycles. The van der Waals surface area contributed by atoms with Crippen molar-refractivity contribution in [2.45, 2.75) is 71.0 Å². The second-order valence-electron chi connectivity index (χ2n) is 9.28. The molecule has 2 amide bonds. The number of nitrogens with zero attached hydrogens (tertiary/aromatic N) is 2. The quantitative estimate of drug-likeness (QED) is 0.683. The van der Waals surface area contributed by atoms with E-state index in [0.29, 0.717) is 51.4 Å². The second kappa shape index (κ2) is 9.98. The minimum Gasteiger partial charge on any atom is -0.494 e. The maximum Gasteiger partial charge on any atom is 0.246 e. The van der Waals surface area contributed by atoms with E-state index in [1.807, 2.05) is 11.0 Å². The Hall–Kier alpha value is -2.15. The highest BCUT2D eigenvalue weighted by molar-refractivity contribution is 6.00. The Morgan fingerprint density at radius 2 is 1.97 bits per heavy atom. The summed E-state index contributed by atoms with van der Waals surface area (Å²) in [7, 11) is 1.45. The summed E-state index contributed by atoms with van der Waals surface area (Å²) in [4.78, 5) is 30.7. The fraction of sp³-hybridized carbons (Fsp3) is 0.667. The van der Waals surface area contributed by atoms with Gasteiger partial charge in [0.1, 0.15) is 11.6 Å². The highest BCUT2D eigenvalue weighted by Gasteiger charge is 2.53. The summed E-state index contributed by atoms with van der Waals surface area (Å²) in [6.45, 7) is 8.85. The SMILES string of the molecule is CCCCN1C(=O)[C@H](CC(C)C)NC(=O)C12CCN(Cc1ccc(OC)c(F)c1)CC2. The Balaban J connectivity index is 1.71. The lowest BCUT2D eigenvalue weighted by atomic mass is 9.80. The molecule has 7 heteroatoms. The van der Waals surface area contributed by atoms with E-state index in [0.717, 1.165) is 18.4 Å². The molecule has 1 N–H and O–H groups in total. The lowest BCUT2D eigenvalue weighted by Crippen LogP contribution is -2.73. The van der Waals surface area contributed by atoms with Gasteiger partial charge in [0.2, 0.25) is 11.8 Å². The van der Waals surface area contributed by atoms with E-state index >= 15 is 0 Å². The number of carbonyl (C=O) groups excluding carboxylic acids is 2. The Morgan fingerprint density at radius 1 is 1.26 bits per heavy atom. The number of rotatable bonds is 8. The average molecular weight is 434 g/mol. The van der Waals surface area contributed by atoms with Crippen LogP contribution in [0.4, 0.5) is 4.39 Å². The van der Waals surface area contributed by atoms with Crippen molar-refractivity contribution in [2.75, 3.05) is 26.7 Å². The van der Waals surface area contributed by atoms with Crippen LogP contribution >= 0.6 is 0 Å². The monoisotopic (exact) mass is 433 g/mol. The van der Waals surface area contributed by atoms with Crippen LogP contribution in [0.2, 0.25) is 0 Å². The summed E-state index contributed by atoms with van der Waals surface area (Å²) < 4.78 is 19.0. The van der Waals surface area contributed by atoms with E-state index in [-0.39, 0.29) is 23.4 Å². The summed E-state index contributed by atoms with van der Waals surface area (Å²) in [6.07, 6.45) is 3.73. The smallest absolute Gasteiger partial charge is 0.246 e. The van der Waals surface area contributed by atoms with Gasteiger partial charge in [0.15, 0.2) is 11.6 Å². The topological polar surface area (TPSA) is 61.9 Å². The van der Waals surface area contributed by atoms with Crippen LogP contribution in [0.15, 0.2) is 18.2 Å². The molecule has 0 aliphatic carbocycles. The molecule has 2 aliphatic heterocycles. The number of benzene rings is 1. The van der Waals surface area contributed by atoms with Gasteiger partial charge >= 0.3 is 0 Å². The molecule has 31 heavy (non-hydrogen) atoms. The van der Waals surface area contributed by atoms with Gasteiger partial charge in [-0.2, -0.15) is 0 Å². The predicted molar refractivity (Wildman–Crippen MR) is 118 cm³/mol. The van der Waals surface area contributed by atoms with E-state index in [2.05, 4.69) is 31.0 Å². The molecule has 2 aliphatic rings. The summed E-state index contributed by atoms with van der Waals surface area (Å²) >= 11 is 0. The number of hydrogen-bond acceptors (Lipinski definition) is 4. The molecule has 0 bridgehead atoms. The Bertz CT molecular complexity index is 790. The maximum atomic E-state index is 14.0. The van der Waals surface area contributed by atoms with Crippen LogP contribution in [0, 0.1) is 11.7 Å². The number of ether oxygens (including phenoxy) is 1. The van der Waals surface area contributed by atoms with Gasteiger partial charge in [0.25, 0.3) is 0 Å². The Labute approximate surface area is 185 Å². The van der Waals surface area contributed by atoms with E-state index in [1.165, 1.54) is 13.2 Å². The largest absolute Gasteiger partial charge is 0.494 e. The number of piperazine rings is 1. The molecule has 1 aromatic rings. The molecule has 0 saturated carbocycles. The van der Waals surface area contributed by atoms with Crippen LogP contribution in [0.25, 0.3) is 0 Å². The third-order valence-electron chi connectivity index (χ3n) is 6.56. The highest BCUT2D eigenvalue weighted by Crippen LogP contribution is 2.35. The molecule has 1 atom stereocenters. The number of unbranched alkanes of at least 4 members (excludes halogenated alkanes) is 1. The molecule has 6 nitrogen and oxygen atoms in total. The zero-order valence-corrected chi connectivity index (χ0v) is 19.2. The molecule has 1 spiro atoms. The number of nitrogens with one attached hydrogen (secondary N) is 1. The van der Waals surface area contributed by atoms with Crippen LogP contribution in [-0.2, 0) is 16.1 Å². The van der Waals surface area contributed by atoms with Crippen LogP contribution in [-0.4, -0.2) is 59.9 Å². The fourth-order valence-corrected chi connectivity index (χ4v) is 4.79. The van der Waals surface area contributed by atoms with Gasteiger partial charge in [-0.05, 0) is 49.3 Å². The van der Waals surface area contributed by atoms with Crippen LogP contribution in [0.3, 0.4) is 0 Å². The van der Waals surface area contributed by atoms with Gasteiger partial charge in [-0.3, -0.25) is 14.5 Å². The number of halogens is 1. The molecule has 0 unspecified atom stereocenters. The Morgan fingerprint density at radius 3 is 2.55 bits per heavy atom. The van der Waals surface area contributed by atoms with Crippen molar-refractivity contribution in [3.05, 3.63) is 29.6 Å². The van der Waals surface area contributed by atoms with E-state index < -0.39 is 11.6 Å². The van der Waals surface area contributed by atoms with Gasteiger partial charge in [0, 0.05) is 26.2 Å². The van der Waals surface area contributed by atoms with Gasteiger partial charge in [-0.1, -0.05) is 33.3 Å². The zero-order chi connectivity index (χ0) is 22.6. The molecule has 0 radical (unpaired) electrons. The molecular formula is C24H36FN3O3. The third kappa shape index (κ3) is 5.03. The molecule has 0 aromatic heterocycles. The molecule has 1 aromatic carbocycles. The predicted octanol–water partition coefficient (Wildman–Crippen LogP) is 3.34.